The third-order valence-electron chi connectivity index (χ3n) is 2.17. The van der Waals surface area contributed by atoms with Crippen molar-refractivity contribution < 1.29 is 18.3 Å². The van der Waals surface area contributed by atoms with Crippen molar-refractivity contribution in [1.82, 2.24) is 5.32 Å². The highest BCUT2D eigenvalue weighted by Gasteiger charge is 2.13. The van der Waals surface area contributed by atoms with E-state index in [1.165, 1.54) is 24.3 Å². The fourth-order valence-corrected chi connectivity index (χ4v) is 2.46. The quantitative estimate of drug-likeness (QED) is 0.703. The standard InChI is InChI=1S/C11H12N2O4S/c12-7-9-1-3-10(4-2-9)18(16,17)6-5-13-8-11(14)15/h1-4,13H,5-6,8H2,(H,14,15). The summed E-state index contributed by atoms with van der Waals surface area (Å²) in [5, 5.41) is 19.5. The van der Waals surface area contributed by atoms with Crippen LogP contribution in [0.4, 0.5) is 0 Å². The van der Waals surface area contributed by atoms with Crippen molar-refractivity contribution in [2.45, 2.75) is 4.90 Å². The van der Waals surface area contributed by atoms with Crippen molar-refractivity contribution in [3.8, 4) is 6.07 Å². The molecule has 0 heterocycles. The van der Waals surface area contributed by atoms with Crippen molar-refractivity contribution in [2.24, 2.45) is 0 Å². The number of carbonyl (C=O) groups is 1. The maximum atomic E-state index is 11.8. The van der Waals surface area contributed by atoms with E-state index in [1.54, 1.807) is 0 Å². The van der Waals surface area contributed by atoms with Crippen molar-refractivity contribution in [2.75, 3.05) is 18.8 Å². The number of nitriles is 1. The summed E-state index contributed by atoms with van der Waals surface area (Å²) in [6.45, 7) is -0.211. The Balaban J connectivity index is 2.63. The fraction of sp³-hybridized carbons (Fsp3) is 0.273. The van der Waals surface area contributed by atoms with Gasteiger partial charge in [0.15, 0.2) is 9.84 Å². The van der Waals surface area contributed by atoms with E-state index in [4.69, 9.17) is 10.4 Å². The van der Waals surface area contributed by atoms with Crippen molar-refractivity contribution in [3.63, 3.8) is 0 Å². The van der Waals surface area contributed by atoms with Gasteiger partial charge in [-0.25, -0.2) is 8.42 Å². The molecule has 0 aliphatic carbocycles. The van der Waals surface area contributed by atoms with Crippen LogP contribution in [0, 0.1) is 11.3 Å². The average molecular weight is 268 g/mol. The molecule has 0 saturated carbocycles. The zero-order valence-electron chi connectivity index (χ0n) is 9.46. The van der Waals surface area contributed by atoms with E-state index in [-0.39, 0.29) is 23.7 Å². The lowest BCUT2D eigenvalue weighted by Crippen LogP contribution is -2.28. The van der Waals surface area contributed by atoms with Gasteiger partial charge in [-0.15, -0.1) is 0 Å². The monoisotopic (exact) mass is 268 g/mol. The lowest BCUT2D eigenvalue weighted by atomic mass is 10.2. The van der Waals surface area contributed by atoms with Crippen LogP contribution in [0.1, 0.15) is 5.56 Å². The number of hydrogen-bond acceptors (Lipinski definition) is 5. The number of rotatable bonds is 6. The summed E-state index contributed by atoms with van der Waals surface area (Å²) < 4.78 is 23.6. The minimum absolute atomic E-state index is 0.0641. The van der Waals surface area contributed by atoms with Crippen LogP contribution in [0.3, 0.4) is 0 Å². The van der Waals surface area contributed by atoms with Gasteiger partial charge in [0.2, 0.25) is 0 Å². The Kier molecular flexibility index (Phi) is 4.83. The summed E-state index contributed by atoms with van der Waals surface area (Å²) in [5.41, 5.74) is 0.387. The van der Waals surface area contributed by atoms with Gasteiger partial charge in [0.1, 0.15) is 0 Å². The minimum Gasteiger partial charge on any atom is -0.480 e. The molecule has 0 spiro atoms. The largest absolute Gasteiger partial charge is 0.480 e. The molecule has 0 aliphatic heterocycles. The molecule has 0 aromatic heterocycles. The molecular weight excluding hydrogens is 256 g/mol. The Morgan fingerprint density at radius 1 is 1.33 bits per heavy atom. The van der Waals surface area contributed by atoms with Crippen molar-refractivity contribution >= 4 is 15.8 Å². The summed E-state index contributed by atoms with van der Waals surface area (Å²) >= 11 is 0. The Bertz CT molecular complexity index is 558. The van der Waals surface area contributed by atoms with E-state index in [0.717, 1.165) is 0 Å². The average Bonchev–Trinajstić information content (AvgIpc) is 2.34. The van der Waals surface area contributed by atoms with Crippen LogP contribution in [0.2, 0.25) is 0 Å². The number of hydrogen-bond donors (Lipinski definition) is 2. The minimum atomic E-state index is -3.45. The third-order valence-corrected chi connectivity index (χ3v) is 3.90. The fourth-order valence-electron chi connectivity index (χ4n) is 1.26. The Morgan fingerprint density at radius 2 is 1.94 bits per heavy atom. The Morgan fingerprint density at radius 3 is 2.44 bits per heavy atom. The van der Waals surface area contributed by atoms with Gasteiger partial charge in [-0.3, -0.25) is 4.79 Å². The van der Waals surface area contributed by atoms with E-state index in [2.05, 4.69) is 5.32 Å². The van der Waals surface area contributed by atoms with Crippen LogP contribution >= 0.6 is 0 Å². The van der Waals surface area contributed by atoms with Gasteiger partial charge in [0, 0.05) is 6.54 Å². The molecule has 96 valence electrons. The normalized spacial score (nSPS) is 10.8. The number of sulfone groups is 1. The molecular formula is C11H12N2O4S. The van der Waals surface area contributed by atoms with Gasteiger partial charge in [-0.05, 0) is 24.3 Å². The first-order valence-corrected chi connectivity index (χ1v) is 6.76. The lowest BCUT2D eigenvalue weighted by Gasteiger charge is -2.04. The van der Waals surface area contributed by atoms with E-state index in [1.807, 2.05) is 6.07 Å². The van der Waals surface area contributed by atoms with E-state index >= 15 is 0 Å². The molecule has 0 radical (unpaired) electrons. The predicted molar refractivity (Wildman–Crippen MR) is 63.7 cm³/mol. The molecule has 0 fully saturated rings. The predicted octanol–water partition coefficient (Wildman–Crippen LogP) is 0.00618. The summed E-state index contributed by atoms with van der Waals surface area (Å²) in [6.07, 6.45) is 0. The van der Waals surface area contributed by atoms with Gasteiger partial charge >= 0.3 is 5.97 Å². The molecule has 18 heavy (non-hydrogen) atoms. The lowest BCUT2D eigenvalue weighted by molar-refractivity contribution is -0.135. The number of nitrogens with zero attached hydrogens (tertiary/aromatic N) is 1. The van der Waals surface area contributed by atoms with Crippen LogP contribution < -0.4 is 5.32 Å². The second kappa shape index (κ2) is 6.14. The molecule has 2 N–H and O–H groups in total. The SMILES string of the molecule is N#Cc1ccc(S(=O)(=O)CCNCC(=O)O)cc1. The molecule has 0 bridgehead atoms. The highest BCUT2D eigenvalue weighted by Crippen LogP contribution is 2.11. The molecule has 1 aromatic carbocycles. The molecule has 0 unspecified atom stereocenters. The van der Waals surface area contributed by atoms with Gasteiger partial charge in [-0.2, -0.15) is 5.26 Å². The number of nitrogens with one attached hydrogen (secondary N) is 1. The smallest absolute Gasteiger partial charge is 0.317 e. The van der Waals surface area contributed by atoms with E-state index < -0.39 is 15.8 Å². The van der Waals surface area contributed by atoms with Crippen LogP contribution in [-0.4, -0.2) is 38.3 Å². The highest BCUT2D eigenvalue weighted by atomic mass is 32.2. The molecule has 0 saturated heterocycles. The molecule has 1 rings (SSSR count). The topological polar surface area (TPSA) is 107 Å². The van der Waals surface area contributed by atoms with Crippen molar-refractivity contribution in [1.29, 1.82) is 5.26 Å². The first-order valence-electron chi connectivity index (χ1n) is 5.11. The summed E-state index contributed by atoms with van der Waals surface area (Å²) in [6, 6.07) is 7.49. The summed E-state index contributed by atoms with van der Waals surface area (Å²) in [5.74, 6) is -1.22. The third kappa shape index (κ3) is 4.16. The maximum Gasteiger partial charge on any atom is 0.317 e. The first-order chi connectivity index (χ1) is 8.45. The van der Waals surface area contributed by atoms with E-state index in [0.29, 0.717) is 5.56 Å². The molecule has 7 heteroatoms. The first kappa shape index (κ1) is 14.2. The van der Waals surface area contributed by atoms with Crippen LogP contribution in [0.25, 0.3) is 0 Å². The summed E-state index contributed by atoms with van der Waals surface area (Å²) in [4.78, 5) is 10.3. The van der Waals surface area contributed by atoms with Gasteiger partial charge < -0.3 is 10.4 Å². The van der Waals surface area contributed by atoms with E-state index in [9.17, 15) is 13.2 Å². The Labute approximate surface area is 105 Å². The number of aliphatic carboxylic acids is 1. The Hall–Kier alpha value is -1.91. The zero-order valence-corrected chi connectivity index (χ0v) is 10.3. The number of carboxylic acids is 1. The number of benzene rings is 1. The maximum absolute atomic E-state index is 11.8. The van der Waals surface area contributed by atoms with Crippen LogP contribution in [0.5, 0.6) is 0 Å². The van der Waals surface area contributed by atoms with Gasteiger partial charge in [0.05, 0.1) is 28.8 Å². The second-order valence-corrected chi connectivity index (χ2v) is 5.63. The molecule has 0 aliphatic rings. The van der Waals surface area contributed by atoms with Gasteiger partial charge in [0.25, 0.3) is 0 Å². The highest BCUT2D eigenvalue weighted by molar-refractivity contribution is 7.91. The molecule has 0 atom stereocenters. The second-order valence-electron chi connectivity index (χ2n) is 3.53. The van der Waals surface area contributed by atoms with Crippen molar-refractivity contribution in [3.05, 3.63) is 29.8 Å². The molecule has 6 nitrogen and oxygen atoms in total. The van der Waals surface area contributed by atoms with Crippen LogP contribution in [0.15, 0.2) is 29.2 Å². The molecule has 0 amide bonds. The zero-order chi connectivity index (χ0) is 13.6. The van der Waals surface area contributed by atoms with Gasteiger partial charge in [-0.1, -0.05) is 0 Å². The molecule has 1 aromatic rings. The van der Waals surface area contributed by atoms with Crippen LogP contribution in [-0.2, 0) is 14.6 Å². The summed E-state index contributed by atoms with van der Waals surface area (Å²) in [7, 11) is -3.45. The number of carboxylic acid groups (broad SMARTS) is 1.